The lowest BCUT2D eigenvalue weighted by Gasteiger charge is -2.28. The van der Waals surface area contributed by atoms with Crippen LogP contribution < -0.4 is 10.6 Å². The first-order chi connectivity index (χ1) is 13.3. The second kappa shape index (κ2) is 10.2. The molecule has 0 saturated carbocycles. The SMILES string of the molecule is CCC(C)CN(CCCN)C(=O)CN(C)c1ccc2cc(C(C)=O)ccc2c1. The van der Waals surface area contributed by atoms with E-state index in [4.69, 9.17) is 5.73 Å². The fourth-order valence-corrected chi connectivity index (χ4v) is 3.19. The first kappa shape index (κ1) is 21.9. The third-order valence-corrected chi connectivity index (χ3v) is 5.26. The second-order valence-electron chi connectivity index (χ2n) is 7.65. The predicted octanol–water partition coefficient (Wildman–Crippen LogP) is 3.70. The Morgan fingerprint density at radius 1 is 1.11 bits per heavy atom. The van der Waals surface area contributed by atoms with E-state index in [0.717, 1.165) is 35.8 Å². The molecule has 5 nitrogen and oxygen atoms in total. The molecule has 28 heavy (non-hydrogen) atoms. The number of carbonyl (C=O) groups is 2. The first-order valence-corrected chi connectivity index (χ1v) is 10.1. The summed E-state index contributed by atoms with van der Waals surface area (Å²) in [5.41, 5.74) is 7.34. The molecule has 0 aliphatic carbocycles. The lowest BCUT2D eigenvalue weighted by atomic mass is 10.0. The maximum absolute atomic E-state index is 12.9. The number of carbonyl (C=O) groups excluding carboxylic acids is 2. The van der Waals surface area contributed by atoms with Gasteiger partial charge in [-0.15, -0.1) is 0 Å². The topological polar surface area (TPSA) is 66.6 Å². The molecule has 1 amide bonds. The summed E-state index contributed by atoms with van der Waals surface area (Å²) in [6.07, 6.45) is 1.87. The van der Waals surface area contributed by atoms with Crippen molar-refractivity contribution in [2.75, 3.05) is 38.1 Å². The Labute approximate surface area is 168 Å². The molecule has 0 heterocycles. The van der Waals surface area contributed by atoms with E-state index < -0.39 is 0 Å². The zero-order valence-electron chi connectivity index (χ0n) is 17.6. The van der Waals surface area contributed by atoms with E-state index in [2.05, 4.69) is 19.9 Å². The number of benzene rings is 2. The number of Topliss-reactive ketones (excluding diaryl/α,β-unsaturated/α-hetero) is 1. The summed E-state index contributed by atoms with van der Waals surface area (Å²) in [5.74, 6) is 0.666. The Morgan fingerprint density at radius 2 is 1.79 bits per heavy atom. The molecule has 0 fully saturated rings. The molecule has 1 atom stereocenters. The maximum Gasteiger partial charge on any atom is 0.242 e. The van der Waals surface area contributed by atoms with E-state index >= 15 is 0 Å². The standard InChI is InChI=1S/C23H33N3O2/c1-5-17(2)15-26(12-6-11-24)23(28)16-25(4)22-10-9-20-13-19(18(3)27)7-8-21(20)14-22/h7-10,13-14,17H,5-6,11-12,15-16,24H2,1-4H3. The van der Waals surface area contributed by atoms with E-state index in [-0.39, 0.29) is 11.7 Å². The van der Waals surface area contributed by atoms with Crippen molar-refractivity contribution in [3.8, 4) is 0 Å². The van der Waals surface area contributed by atoms with Crippen LogP contribution in [0.15, 0.2) is 36.4 Å². The van der Waals surface area contributed by atoms with Crippen LogP contribution in [0.3, 0.4) is 0 Å². The zero-order chi connectivity index (χ0) is 20.7. The number of ketones is 1. The van der Waals surface area contributed by atoms with Crippen LogP contribution in [0, 0.1) is 5.92 Å². The molecule has 152 valence electrons. The molecule has 2 aromatic carbocycles. The quantitative estimate of drug-likeness (QED) is 0.635. The number of anilines is 1. The fraction of sp³-hybridized carbons (Fsp3) is 0.478. The maximum atomic E-state index is 12.9. The monoisotopic (exact) mass is 383 g/mol. The molecule has 0 spiro atoms. The fourth-order valence-electron chi connectivity index (χ4n) is 3.19. The molecule has 1 unspecified atom stereocenters. The van der Waals surface area contributed by atoms with Crippen LogP contribution in [-0.4, -0.2) is 49.8 Å². The minimum absolute atomic E-state index is 0.0626. The van der Waals surface area contributed by atoms with Gasteiger partial charge in [-0.1, -0.05) is 38.5 Å². The van der Waals surface area contributed by atoms with Gasteiger partial charge >= 0.3 is 0 Å². The number of nitrogens with two attached hydrogens (primary N) is 1. The molecule has 2 rings (SSSR count). The molecular formula is C23H33N3O2. The molecule has 0 saturated heterocycles. The highest BCUT2D eigenvalue weighted by Gasteiger charge is 2.17. The Morgan fingerprint density at radius 3 is 2.43 bits per heavy atom. The lowest BCUT2D eigenvalue weighted by Crippen LogP contribution is -2.42. The van der Waals surface area contributed by atoms with Crippen molar-refractivity contribution in [1.29, 1.82) is 0 Å². The van der Waals surface area contributed by atoms with Gasteiger partial charge in [0, 0.05) is 31.4 Å². The Kier molecular flexibility index (Phi) is 8.00. The lowest BCUT2D eigenvalue weighted by molar-refractivity contribution is -0.130. The summed E-state index contributed by atoms with van der Waals surface area (Å²) in [7, 11) is 1.94. The number of likely N-dealkylation sites (N-methyl/N-ethyl adjacent to an activating group) is 1. The van der Waals surface area contributed by atoms with E-state index in [1.807, 2.05) is 47.2 Å². The van der Waals surface area contributed by atoms with Gasteiger partial charge in [-0.2, -0.15) is 0 Å². The summed E-state index contributed by atoms with van der Waals surface area (Å²) in [4.78, 5) is 28.4. The van der Waals surface area contributed by atoms with Crippen LogP contribution in [0.4, 0.5) is 5.69 Å². The van der Waals surface area contributed by atoms with Gasteiger partial charge in [0.2, 0.25) is 5.91 Å². The van der Waals surface area contributed by atoms with Gasteiger partial charge in [0.1, 0.15) is 0 Å². The number of nitrogens with zero attached hydrogens (tertiary/aromatic N) is 2. The van der Waals surface area contributed by atoms with Crippen molar-refractivity contribution in [2.24, 2.45) is 11.7 Å². The summed E-state index contributed by atoms with van der Waals surface area (Å²) in [6.45, 7) is 8.30. The van der Waals surface area contributed by atoms with Crippen LogP contribution in [0.1, 0.15) is 44.0 Å². The van der Waals surface area contributed by atoms with Gasteiger partial charge in [-0.3, -0.25) is 9.59 Å². The van der Waals surface area contributed by atoms with Crippen LogP contribution in [-0.2, 0) is 4.79 Å². The molecular weight excluding hydrogens is 350 g/mol. The third kappa shape index (κ3) is 5.80. The Hall–Kier alpha value is -2.40. The molecule has 0 aliphatic heterocycles. The number of rotatable bonds is 10. The number of amides is 1. The highest BCUT2D eigenvalue weighted by Crippen LogP contribution is 2.23. The average molecular weight is 384 g/mol. The second-order valence-corrected chi connectivity index (χ2v) is 7.65. The van der Waals surface area contributed by atoms with Gasteiger partial charge in [-0.25, -0.2) is 0 Å². The van der Waals surface area contributed by atoms with E-state index in [1.165, 1.54) is 0 Å². The highest BCUT2D eigenvalue weighted by atomic mass is 16.2. The van der Waals surface area contributed by atoms with Gasteiger partial charge in [0.25, 0.3) is 0 Å². The van der Waals surface area contributed by atoms with E-state index in [0.29, 0.717) is 31.1 Å². The molecule has 2 aromatic rings. The van der Waals surface area contributed by atoms with Crippen molar-refractivity contribution < 1.29 is 9.59 Å². The zero-order valence-corrected chi connectivity index (χ0v) is 17.6. The summed E-state index contributed by atoms with van der Waals surface area (Å²) in [5, 5.41) is 2.08. The van der Waals surface area contributed by atoms with Gasteiger partial charge in [-0.05, 0) is 54.8 Å². The molecule has 0 aromatic heterocycles. The molecule has 0 radical (unpaired) electrons. The van der Waals surface area contributed by atoms with Crippen LogP contribution >= 0.6 is 0 Å². The minimum atomic E-state index is 0.0626. The normalized spacial score (nSPS) is 12.0. The van der Waals surface area contributed by atoms with Crippen LogP contribution in [0.2, 0.25) is 0 Å². The molecule has 2 N–H and O–H groups in total. The van der Waals surface area contributed by atoms with E-state index in [1.54, 1.807) is 6.92 Å². The smallest absolute Gasteiger partial charge is 0.242 e. The van der Waals surface area contributed by atoms with Crippen LogP contribution in [0.25, 0.3) is 10.8 Å². The van der Waals surface area contributed by atoms with E-state index in [9.17, 15) is 9.59 Å². The Balaban J connectivity index is 2.12. The highest BCUT2D eigenvalue weighted by molar-refractivity contribution is 5.99. The van der Waals surface area contributed by atoms with Gasteiger partial charge < -0.3 is 15.5 Å². The van der Waals surface area contributed by atoms with Crippen molar-refractivity contribution in [1.82, 2.24) is 4.90 Å². The van der Waals surface area contributed by atoms with Crippen molar-refractivity contribution >= 4 is 28.2 Å². The Bertz CT molecular complexity index is 819. The largest absolute Gasteiger partial charge is 0.365 e. The molecule has 5 heteroatoms. The van der Waals surface area contributed by atoms with Crippen molar-refractivity contribution in [3.63, 3.8) is 0 Å². The summed E-state index contributed by atoms with van der Waals surface area (Å²) in [6, 6.07) is 11.8. The summed E-state index contributed by atoms with van der Waals surface area (Å²) < 4.78 is 0. The number of hydrogen-bond donors (Lipinski definition) is 1. The van der Waals surface area contributed by atoms with Crippen molar-refractivity contribution in [2.45, 2.75) is 33.6 Å². The first-order valence-electron chi connectivity index (χ1n) is 10.1. The predicted molar refractivity (Wildman–Crippen MR) is 117 cm³/mol. The van der Waals surface area contributed by atoms with Crippen LogP contribution in [0.5, 0.6) is 0 Å². The number of fused-ring (bicyclic) bond motifs is 1. The van der Waals surface area contributed by atoms with Gasteiger partial charge in [0.05, 0.1) is 6.54 Å². The average Bonchev–Trinajstić information content (AvgIpc) is 2.69. The third-order valence-electron chi connectivity index (χ3n) is 5.26. The molecule has 0 aliphatic rings. The van der Waals surface area contributed by atoms with Crippen molar-refractivity contribution in [3.05, 3.63) is 42.0 Å². The minimum Gasteiger partial charge on any atom is -0.365 e. The van der Waals surface area contributed by atoms with Gasteiger partial charge in [0.15, 0.2) is 5.78 Å². The summed E-state index contributed by atoms with van der Waals surface area (Å²) >= 11 is 0. The number of hydrogen-bond acceptors (Lipinski definition) is 4. The molecule has 0 bridgehead atoms.